The summed E-state index contributed by atoms with van der Waals surface area (Å²) in [4.78, 5) is -0.133. The molecule has 1 aliphatic rings. The van der Waals surface area contributed by atoms with E-state index in [4.69, 9.17) is 14.2 Å². The van der Waals surface area contributed by atoms with Crippen LogP contribution < -0.4 is 5.32 Å². The lowest BCUT2D eigenvalue weighted by Gasteiger charge is -2.16. The van der Waals surface area contributed by atoms with Gasteiger partial charge in [-0.1, -0.05) is 35.4 Å². The fourth-order valence-electron chi connectivity index (χ4n) is 2.23. The van der Waals surface area contributed by atoms with Gasteiger partial charge in [0.25, 0.3) is 20.2 Å². The Morgan fingerprint density at radius 3 is 1.24 bits per heavy atom. The van der Waals surface area contributed by atoms with Gasteiger partial charge in [0, 0.05) is 0 Å². The van der Waals surface area contributed by atoms with E-state index in [1.165, 1.54) is 24.3 Å². The second-order valence-electron chi connectivity index (χ2n) is 6.56. The van der Waals surface area contributed by atoms with Crippen molar-refractivity contribution in [2.45, 2.75) is 42.6 Å². The number of hydrogen-bond acceptors (Lipinski definition) is 6. The lowest BCUT2D eigenvalue weighted by molar-refractivity contribution is 0.137. The van der Waals surface area contributed by atoms with Gasteiger partial charge >= 0.3 is 0 Å². The second kappa shape index (κ2) is 11.4. The second-order valence-corrected chi connectivity index (χ2v) is 9.40. The molecule has 0 spiro atoms. The molecule has 1 heterocycles. The predicted molar refractivity (Wildman–Crippen MR) is 110 cm³/mol. The quantitative estimate of drug-likeness (QED) is 0.516. The standard InChI is InChI=1S/2C7H8O3S.C5H11NO/c2*1-6-2-4-7(5-3-6)11(8,9)10;7-5-1-3-6-4-2-5/h2*2-5H,1H3,(H,8,9,10);5-7H,1-4H2. The Hall–Kier alpha value is -1.82. The van der Waals surface area contributed by atoms with Crippen LogP contribution in [-0.2, 0) is 20.2 Å². The Morgan fingerprint density at radius 2 is 1.03 bits per heavy atom. The minimum Gasteiger partial charge on any atom is -0.393 e. The largest absolute Gasteiger partial charge is 0.393 e. The van der Waals surface area contributed by atoms with Crippen molar-refractivity contribution in [2.24, 2.45) is 0 Å². The average molecular weight is 446 g/mol. The fourth-order valence-corrected chi connectivity index (χ4v) is 3.19. The van der Waals surface area contributed by atoms with Crippen LogP contribution >= 0.6 is 0 Å². The summed E-state index contributed by atoms with van der Waals surface area (Å²) in [7, 11) is -8.04. The van der Waals surface area contributed by atoms with Crippen LogP contribution in [0.25, 0.3) is 0 Å². The van der Waals surface area contributed by atoms with Gasteiger partial charge in [-0.3, -0.25) is 9.11 Å². The number of aliphatic hydroxyl groups is 1. The van der Waals surface area contributed by atoms with Gasteiger partial charge in [-0.2, -0.15) is 16.8 Å². The maximum atomic E-state index is 10.5. The lowest BCUT2D eigenvalue weighted by atomic mass is 10.1. The number of rotatable bonds is 2. The van der Waals surface area contributed by atoms with E-state index in [1.54, 1.807) is 24.3 Å². The first-order valence-electron chi connectivity index (χ1n) is 8.86. The van der Waals surface area contributed by atoms with Gasteiger partial charge in [-0.15, -0.1) is 0 Å². The van der Waals surface area contributed by atoms with Crippen LogP contribution in [0, 0.1) is 13.8 Å². The highest BCUT2D eigenvalue weighted by molar-refractivity contribution is 7.86. The van der Waals surface area contributed by atoms with Crippen LogP contribution in [0.1, 0.15) is 24.0 Å². The summed E-state index contributed by atoms with van der Waals surface area (Å²) in [6, 6.07) is 12.0. The van der Waals surface area contributed by atoms with Crippen molar-refractivity contribution in [1.82, 2.24) is 5.32 Å². The van der Waals surface area contributed by atoms with Crippen LogP contribution in [0.5, 0.6) is 0 Å². The highest BCUT2D eigenvalue weighted by Crippen LogP contribution is 2.09. The molecule has 1 saturated heterocycles. The third-order valence-electron chi connectivity index (χ3n) is 3.95. The minimum atomic E-state index is -4.02. The lowest BCUT2D eigenvalue weighted by Crippen LogP contribution is -2.30. The first-order valence-corrected chi connectivity index (χ1v) is 11.7. The minimum absolute atomic E-state index is 0.0266. The summed E-state index contributed by atoms with van der Waals surface area (Å²) in [5.41, 5.74) is 1.91. The Labute approximate surface area is 172 Å². The molecular formula is C19H27NO7S2. The number of aliphatic hydroxyl groups excluding tert-OH is 1. The molecule has 8 nitrogen and oxygen atoms in total. The molecule has 0 unspecified atom stereocenters. The van der Waals surface area contributed by atoms with Gasteiger partial charge in [-0.25, -0.2) is 0 Å². The molecule has 0 radical (unpaired) electrons. The molecule has 0 aliphatic carbocycles. The topological polar surface area (TPSA) is 141 Å². The summed E-state index contributed by atoms with van der Waals surface area (Å²) in [5, 5.41) is 12.0. The maximum absolute atomic E-state index is 10.5. The van der Waals surface area contributed by atoms with Gasteiger partial charge in [0.2, 0.25) is 0 Å². The molecule has 0 saturated carbocycles. The van der Waals surface area contributed by atoms with Crippen molar-refractivity contribution in [3.63, 3.8) is 0 Å². The molecule has 29 heavy (non-hydrogen) atoms. The fraction of sp³-hybridized carbons (Fsp3) is 0.368. The summed E-state index contributed by atoms with van der Waals surface area (Å²) >= 11 is 0. The first-order chi connectivity index (χ1) is 13.4. The Kier molecular flexibility index (Phi) is 9.90. The molecule has 0 atom stereocenters. The molecule has 162 valence electrons. The molecule has 2 aromatic carbocycles. The zero-order valence-electron chi connectivity index (χ0n) is 16.3. The first kappa shape index (κ1) is 25.2. The van der Waals surface area contributed by atoms with E-state index < -0.39 is 20.2 Å². The summed E-state index contributed by atoms with van der Waals surface area (Å²) in [6.07, 6.45) is 1.83. The summed E-state index contributed by atoms with van der Waals surface area (Å²) in [6.45, 7) is 5.66. The smallest absolute Gasteiger partial charge is 0.294 e. The number of piperidine rings is 1. The normalized spacial score (nSPS) is 14.8. The predicted octanol–water partition coefficient (Wildman–Crippen LogP) is 2.21. The van der Waals surface area contributed by atoms with Crippen molar-refractivity contribution in [1.29, 1.82) is 0 Å². The van der Waals surface area contributed by atoms with Gasteiger partial charge < -0.3 is 10.4 Å². The van der Waals surface area contributed by atoms with E-state index in [0.29, 0.717) is 0 Å². The van der Waals surface area contributed by atoms with Gasteiger partial charge in [-0.05, 0) is 64.0 Å². The Morgan fingerprint density at radius 1 is 0.724 bits per heavy atom. The van der Waals surface area contributed by atoms with Crippen molar-refractivity contribution < 1.29 is 31.0 Å². The molecule has 1 aliphatic heterocycles. The van der Waals surface area contributed by atoms with Crippen LogP contribution in [0.3, 0.4) is 0 Å². The third kappa shape index (κ3) is 10.5. The van der Waals surface area contributed by atoms with E-state index in [0.717, 1.165) is 37.1 Å². The zero-order chi connectivity index (χ0) is 22.1. The monoisotopic (exact) mass is 445 g/mol. The average Bonchev–Trinajstić information content (AvgIpc) is 2.63. The Balaban J connectivity index is 0.000000223. The number of aryl methyl sites for hydroxylation is 2. The van der Waals surface area contributed by atoms with Crippen LogP contribution in [0.2, 0.25) is 0 Å². The molecule has 4 N–H and O–H groups in total. The zero-order valence-corrected chi connectivity index (χ0v) is 17.9. The molecule has 1 fully saturated rings. The van der Waals surface area contributed by atoms with E-state index in [-0.39, 0.29) is 15.9 Å². The van der Waals surface area contributed by atoms with Gasteiger partial charge in [0.05, 0.1) is 15.9 Å². The molecule has 2 aromatic rings. The Bertz CT molecular complexity index is 875. The van der Waals surface area contributed by atoms with Gasteiger partial charge in [0.15, 0.2) is 0 Å². The molecule has 0 amide bonds. The van der Waals surface area contributed by atoms with E-state index >= 15 is 0 Å². The van der Waals surface area contributed by atoms with E-state index in [9.17, 15) is 16.8 Å². The van der Waals surface area contributed by atoms with E-state index in [1.807, 2.05) is 13.8 Å². The van der Waals surface area contributed by atoms with Crippen molar-refractivity contribution in [3.05, 3.63) is 59.7 Å². The van der Waals surface area contributed by atoms with Gasteiger partial charge in [0.1, 0.15) is 0 Å². The number of benzene rings is 2. The van der Waals surface area contributed by atoms with Crippen LogP contribution in [-0.4, -0.2) is 50.2 Å². The van der Waals surface area contributed by atoms with Crippen molar-refractivity contribution in [2.75, 3.05) is 13.1 Å². The van der Waals surface area contributed by atoms with Crippen molar-refractivity contribution >= 4 is 20.2 Å². The molecule has 0 aromatic heterocycles. The van der Waals surface area contributed by atoms with Crippen LogP contribution in [0.15, 0.2) is 58.3 Å². The summed E-state index contributed by atoms with van der Waals surface area (Å²) < 4.78 is 59.1. The third-order valence-corrected chi connectivity index (χ3v) is 5.68. The molecule has 3 rings (SSSR count). The number of hydrogen-bond donors (Lipinski definition) is 4. The molecule has 0 bridgehead atoms. The van der Waals surface area contributed by atoms with Crippen LogP contribution in [0.4, 0.5) is 0 Å². The maximum Gasteiger partial charge on any atom is 0.294 e. The number of nitrogens with one attached hydrogen (secondary N) is 1. The van der Waals surface area contributed by atoms with E-state index in [2.05, 4.69) is 5.32 Å². The highest BCUT2D eigenvalue weighted by Gasteiger charge is 2.08. The van der Waals surface area contributed by atoms with Crippen molar-refractivity contribution in [3.8, 4) is 0 Å². The summed E-state index contributed by atoms with van der Waals surface area (Å²) in [5.74, 6) is 0. The highest BCUT2D eigenvalue weighted by atomic mass is 32.2. The molecule has 10 heteroatoms. The molecular weight excluding hydrogens is 418 g/mol. The SMILES string of the molecule is Cc1ccc(S(=O)(=O)O)cc1.Cc1ccc(S(=O)(=O)O)cc1.OC1CCNCC1.